The smallest absolute Gasteiger partial charge is 0.253 e. The van der Waals surface area contributed by atoms with Crippen LogP contribution in [0.15, 0.2) is 42.9 Å². The highest BCUT2D eigenvalue weighted by atomic mass is 35.5. The van der Waals surface area contributed by atoms with E-state index in [-0.39, 0.29) is 18.1 Å². The van der Waals surface area contributed by atoms with E-state index >= 15 is 0 Å². The monoisotopic (exact) mass is 333 g/mol. The molecule has 7 heteroatoms. The van der Waals surface area contributed by atoms with E-state index < -0.39 is 0 Å². The lowest BCUT2D eigenvalue weighted by atomic mass is 10.1. The highest BCUT2D eigenvalue weighted by Crippen LogP contribution is 2.18. The Kier molecular flexibility index (Phi) is 5.05. The van der Waals surface area contributed by atoms with E-state index in [1.54, 1.807) is 18.3 Å². The van der Waals surface area contributed by atoms with Crippen molar-refractivity contribution in [2.75, 3.05) is 13.2 Å². The Labute approximate surface area is 138 Å². The Hall–Kier alpha value is -2.18. The zero-order valence-corrected chi connectivity index (χ0v) is 13.1. The summed E-state index contributed by atoms with van der Waals surface area (Å²) in [6.45, 7) is 0.961. The van der Waals surface area contributed by atoms with Gasteiger partial charge in [0.25, 0.3) is 5.91 Å². The minimum Gasteiger partial charge on any atom is -0.470 e. The molecule has 3 heterocycles. The van der Waals surface area contributed by atoms with Crippen LogP contribution in [-0.4, -0.2) is 41.2 Å². The molecular weight excluding hydrogens is 318 g/mol. The van der Waals surface area contributed by atoms with Gasteiger partial charge in [0.05, 0.1) is 23.2 Å². The Morgan fingerprint density at radius 1 is 1.35 bits per heavy atom. The Morgan fingerprint density at radius 2 is 2.26 bits per heavy atom. The molecule has 6 nitrogen and oxygen atoms in total. The van der Waals surface area contributed by atoms with Crippen LogP contribution in [0.5, 0.6) is 5.88 Å². The molecule has 1 amide bonds. The molecule has 0 radical (unpaired) electrons. The second-order valence-corrected chi connectivity index (χ2v) is 5.53. The summed E-state index contributed by atoms with van der Waals surface area (Å²) in [5, 5.41) is 3.28. The predicted molar refractivity (Wildman–Crippen MR) is 84.6 cm³/mol. The first-order valence-electron chi connectivity index (χ1n) is 7.30. The van der Waals surface area contributed by atoms with Crippen molar-refractivity contribution >= 4 is 17.5 Å². The largest absolute Gasteiger partial charge is 0.470 e. The molecule has 23 heavy (non-hydrogen) atoms. The van der Waals surface area contributed by atoms with E-state index in [2.05, 4.69) is 15.3 Å². The lowest BCUT2D eigenvalue weighted by molar-refractivity contribution is -0.0152. The lowest BCUT2D eigenvalue weighted by Crippen LogP contribution is -2.51. The van der Waals surface area contributed by atoms with Crippen LogP contribution in [-0.2, 0) is 4.74 Å². The van der Waals surface area contributed by atoms with Crippen molar-refractivity contribution in [1.82, 2.24) is 15.3 Å². The van der Waals surface area contributed by atoms with Crippen LogP contribution in [0.3, 0.4) is 0 Å². The number of halogens is 1. The van der Waals surface area contributed by atoms with Gasteiger partial charge in [0.15, 0.2) is 0 Å². The van der Waals surface area contributed by atoms with E-state index in [1.807, 2.05) is 12.1 Å². The number of carbonyl (C=O) groups excluding carboxylic acids is 1. The summed E-state index contributed by atoms with van der Waals surface area (Å²) in [5.41, 5.74) is 0.393. The number of ether oxygens (including phenoxy) is 2. The van der Waals surface area contributed by atoms with Gasteiger partial charge in [-0.2, -0.15) is 0 Å². The summed E-state index contributed by atoms with van der Waals surface area (Å²) in [6, 6.07) is 6.84. The van der Waals surface area contributed by atoms with Crippen molar-refractivity contribution in [1.29, 1.82) is 0 Å². The van der Waals surface area contributed by atoms with Gasteiger partial charge < -0.3 is 14.8 Å². The fraction of sp³-hybridized carbons (Fsp3) is 0.312. The maximum absolute atomic E-state index is 12.4. The summed E-state index contributed by atoms with van der Waals surface area (Å²) < 4.78 is 11.3. The molecule has 2 aromatic rings. The van der Waals surface area contributed by atoms with Crippen molar-refractivity contribution in [2.24, 2.45) is 0 Å². The van der Waals surface area contributed by atoms with E-state index in [9.17, 15) is 4.79 Å². The minimum absolute atomic E-state index is 0.178. The van der Waals surface area contributed by atoms with E-state index in [1.165, 1.54) is 12.4 Å². The molecule has 0 aliphatic carbocycles. The SMILES string of the molecule is O=C(N[C@@H]1CCOC[C@H]1Oc1ccccn1)c1ccncc1Cl. The third-order valence-electron chi connectivity index (χ3n) is 3.55. The molecule has 0 saturated carbocycles. The quantitative estimate of drug-likeness (QED) is 0.927. The predicted octanol–water partition coefficient (Wildman–Crippen LogP) is 2.10. The van der Waals surface area contributed by atoms with Gasteiger partial charge in [-0.05, 0) is 18.6 Å². The third kappa shape index (κ3) is 3.97. The number of nitrogens with one attached hydrogen (secondary N) is 1. The number of aromatic nitrogens is 2. The number of nitrogens with zero attached hydrogens (tertiary/aromatic N) is 2. The standard InChI is InChI=1S/C16H16ClN3O3/c17-12-9-18-7-4-11(12)16(21)20-13-5-8-22-10-14(13)23-15-3-1-2-6-19-15/h1-4,6-7,9,13-14H,5,8,10H2,(H,20,21)/t13-,14-/m1/s1. The maximum atomic E-state index is 12.4. The summed E-state index contributed by atoms with van der Waals surface area (Å²) in [5.74, 6) is 0.253. The average molecular weight is 334 g/mol. The summed E-state index contributed by atoms with van der Waals surface area (Å²) in [4.78, 5) is 20.4. The molecule has 1 fully saturated rings. The topological polar surface area (TPSA) is 73.3 Å². The third-order valence-corrected chi connectivity index (χ3v) is 3.85. The molecule has 2 atom stereocenters. The van der Waals surface area contributed by atoms with Crippen molar-refractivity contribution in [3.63, 3.8) is 0 Å². The van der Waals surface area contributed by atoms with Gasteiger partial charge in [-0.15, -0.1) is 0 Å². The summed E-state index contributed by atoms with van der Waals surface area (Å²) >= 11 is 6.01. The van der Waals surface area contributed by atoms with Crippen molar-refractivity contribution in [3.05, 3.63) is 53.4 Å². The van der Waals surface area contributed by atoms with Crippen LogP contribution in [0.2, 0.25) is 5.02 Å². The molecule has 1 saturated heterocycles. The van der Waals surface area contributed by atoms with Crippen molar-refractivity contribution < 1.29 is 14.3 Å². The van der Waals surface area contributed by atoms with Crippen LogP contribution < -0.4 is 10.1 Å². The van der Waals surface area contributed by atoms with Crippen molar-refractivity contribution in [3.8, 4) is 5.88 Å². The van der Waals surface area contributed by atoms with Gasteiger partial charge in [-0.1, -0.05) is 17.7 Å². The number of hydrogen-bond acceptors (Lipinski definition) is 5. The maximum Gasteiger partial charge on any atom is 0.253 e. The van der Waals surface area contributed by atoms with Crippen LogP contribution in [0.4, 0.5) is 0 Å². The second-order valence-electron chi connectivity index (χ2n) is 5.12. The molecule has 3 rings (SSSR count). The fourth-order valence-electron chi connectivity index (χ4n) is 2.37. The van der Waals surface area contributed by atoms with Gasteiger partial charge in [0, 0.05) is 31.3 Å². The molecule has 120 valence electrons. The summed E-state index contributed by atoms with van der Waals surface area (Å²) in [7, 11) is 0. The first-order chi connectivity index (χ1) is 11.2. The molecule has 1 aliphatic rings. The molecule has 0 spiro atoms. The molecular formula is C16H16ClN3O3. The van der Waals surface area contributed by atoms with Gasteiger partial charge in [0.2, 0.25) is 5.88 Å². The Balaban J connectivity index is 1.69. The Bertz CT molecular complexity index is 669. The second kappa shape index (κ2) is 7.39. The minimum atomic E-state index is -0.303. The zero-order chi connectivity index (χ0) is 16.1. The number of rotatable bonds is 4. The number of carbonyl (C=O) groups is 1. The highest BCUT2D eigenvalue weighted by molar-refractivity contribution is 6.33. The first kappa shape index (κ1) is 15.7. The summed E-state index contributed by atoms with van der Waals surface area (Å²) in [6.07, 6.45) is 4.99. The zero-order valence-electron chi connectivity index (χ0n) is 12.3. The van der Waals surface area contributed by atoms with Gasteiger partial charge in [-0.25, -0.2) is 4.98 Å². The molecule has 0 aromatic carbocycles. The van der Waals surface area contributed by atoms with E-state index in [0.717, 1.165) is 0 Å². The van der Waals surface area contributed by atoms with Gasteiger partial charge >= 0.3 is 0 Å². The normalized spacial score (nSPS) is 20.7. The molecule has 0 unspecified atom stereocenters. The van der Waals surface area contributed by atoms with Crippen LogP contribution in [0, 0.1) is 0 Å². The number of amides is 1. The molecule has 1 aliphatic heterocycles. The molecule has 2 aromatic heterocycles. The highest BCUT2D eigenvalue weighted by Gasteiger charge is 2.30. The first-order valence-corrected chi connectivity index (χ1v) is 7.67. The molecule has 1 N–H and O–H groups in total. The van der Waals surface area contributed by atoms with E-state index in [4.69, 9.17) is 21.1 Å². The van der Waals surface area contributed by atoms with Gasteiger partial charge in [-0.3, -0.25) is 9.78 Å². The average Bonchev–Trinajstić information content (AvgIpc) is 2.58. The molecule has 0 bridgehead atoms. The van der Waals surface area contributed by atoms with Crippen molar-refractivity contribution in [2.45, 2.75) is 18.6 Å². The number of hydrogen-bond donors (Lipinski definition) is 1. The lowest BCUT2D eigenvalue weighted by Gasteiger charge is -2.32. The van der Waals surface area contributed by atoms with Gasteiger partial charge in [0.1, 0.15) is 6.10 Å². The van der Waals surface area contributed by atoms with Crippen LogP contribution in [0.1, 0.15) is 16.8 Å². The van der Waals surface area contributed by atoms with E-state index in [0.29, 0.717) is 36.1 Å². The number of pyridine rings is 2. The van der Waals surface area contributed by atoms with Crippen LogP contribution >= 0.6 is 11.6 Å². The Morgan fingerprint density at radius 3 is 3.04 bits per heavy atom. The van der Waals surface area contributed by atoms with Crippen LogP contribution in [0.25, 0.3) is 0 Å². The fourth-order valence-corrected chi connectivity index (χ4v) is 2.58.